The van der Waals surface area contributed by atoms with Crippen molar-refractivity contribution in [3.63, 3.8) is 0 Å². The Balaban J connectivity index is 1.53. The normalized spacial score (nSPS) is 11.3. The molecule has 0 aromatic heterocycles. The van der Waals surface area contributed by atoms with Gasteiger partial charge in [-0.2, -0.15) is 0 Å². The second-order valence-electron chi connectivity index (χ2n) is 7.99. The third-order valence-corrected chi connectivity index (χ3v) is 6.60. The number of amides is 2. The van der Waals surface area contributed by atoms with Gasteiger partial charge in [0.15, 0.2) is 0 Å². The number of benzene rings is 4. The van der Waals surface area contributed by atoms with Gasteiger partial charge in [0.1, 0.15) is 5.25 Å². The Kier molecular flexibility index (Phi) is 8.09. The number of carbonyl (C=O) groups excluding carboxylic acids is 2. The minimum absolute atomic E-state index is 0.0825. The molecule has 0 aliphatic carbocycles. The maximum atomic E-state index is 13.3. The average molecular weight is 529 g/mol. The maximum Gasteiger partial charge on any atom is 0.270 e. The van der Waals surface area contributed by atoms with Crippen molar-refractivity contribution >= 4 is 46.3 Å². The molecule has 190 valence electrons. The van der Waals surface area contributed by atoms with E-state index in [4.69, 9.17) is 0 Å². The van der Waals surface area contributed by atoms with Crippen LogP contribution in [0.1, 0.15) is 21.2 Å². The number of hydrogen-bond acceptors (Lipinski definition) is 7. The van der Waals surface area contributed by atoms with Gasteiger partial charge in [-0.3, -0.25) is 29.8 Å². The molecule has 2 amide bonds. The van der Waals surface area contributed by atoms with Gasteiger partial charge in [-0.25, -0.2) is 0 Å². The van der Waals surface area contributed by atoms with Crippen LogP contribution in [0.3, 0.4) is 0 Å². The number of thioether (sulfide) groups is 1. The number of nitro groups is 2. The highest BCUT2D eigenvalue weighted by Crippen LogP contribution is 2.37. The van der Waals surface area contributed by atoms with E-state index in [1.807, 2.05) is 30.3 Å². The zero-order chi connectivity index (χ0) is 27.1. The molecule has 0 fully saturated rings. The van der Waals surface area contributed by atoms with Crippen LogP contribution in [0.2, 0.25) is 0 Å². The number of nitrogens with zero attached hydrogens (tertiary/aromatic N) is 2. The third kappa shape index (κ3) is 6.59. The van der Waals surface area contributed by atoms with E-state index < -0.39 is 21.0 Å². The fourth-order valence-corrected chi connectivity index (χ4v) is 4.61. The number of anilines is 2. The van der Waals surface area contributed by atoms with E-state index in [0.717, 1.165) is 5.56 Å². The maximum absolute atomic E-state index is 13.3. The molecule has 1 unspecified atom stereocenters. The summed E-state index contributed by atoms with van der Waals surface area (Å²) in [4.78, 5) is 47.5. The van der Waals surface area contributed by atoms with Gasteiger partial charge in [-0.05, 0) is 42.0 Å². The molecule has 4 aromatic carbocycles. The van der Waals surface area contributed by atoms with E-state index in [-0.39, 0.29) is 22.8 Å². The first-order chi connectivity index (χ1) is 18.3. The molecule has 11 heteroatoms. The Morgan fingerprint density at radius 1 is 0.684 bits per heavy atom. The van der Waals surface area contributed by atoms with Crippen LogP contribution >= 0.6 is 11.8 Å². The van der Waals surface area contributed by atoms with Crippen molar-refractivity contribution in [3.8, 4) is 0 Å². The SMILES string of the molecule is O=C(Nc1cccc(SC(C(=O)Nc2ccc([N+](=O)[O-])cc2)c2ccccc2)c1)c1cccc([N+](=O)[O-])c1. The van der Waals surface area contributed by atoms with Gasteiger partial charge in [0.25, 0.3) is 17.3 Å². The molecular formula is C27H20N4O6S. The average Bonchev–Trinajstić information content (AvgIpc) is 2.92. The first-order valence-corrected chi connectivity index (χ1v) is 12.1. The lowest BCUT2D eigenvalue weighted by Crippen LogP contribution is -2.19. The molecule has 0 bridgehead atoms. The third-order valence-electron chi connectivity index (χ3n) is 5.35. The molecule has 2 N–H and O–H groups in total. The number of rotatable bonds is 9. The molecule has 1 atom stereocenters. The molecule has 38 heavy (non-hydrogen) atoms. The highest BCUT2D eigenvalue weighted by Gasteiger charge is 2.23. The van der Waals surface area contributed by atoms with Crippen LogP contribution in [0, 0.1) is 20.2 Å². The number of nitrogens with one attached hydrogen (secondary N) is 2. The second kappa shape index (κ2) is 11.8. The van der Waals surface area contributed by atoms with Gasteiger partial charge in [-0.15, -0.1) is 11.8 Å². The predicted molar refractivity (Wildman–Crippen MR) is 144 cm³/mol. The summed E-state index contributed by atoms with van der Waals surface area (Å²) in [5.74, 6) is -0.840. The first-order valence-electron chi connectivity index (χ1n) is 11.2. The summed E-state index contributed by atoms with van der Waals surface area (Å²) in [6.07, 6.45) is 0. The lowest BCUT2D eigenvalue weighted by atomic mass is 10.1. The summed E-state index contributed by atoms with van der Waals surface area (Å²) in [6, 6.07) is 27.0. The van der Waals surface area contributed by atoms with Crippen LogP contribution in [-0.4, -0.2) is 21.7 Å². The fraction of sp³-hybridized carbons (Fsp3) is 0.0370. The zero-order valence-electron chi connectivity index (χ0n) is 19.6. The molecule has 10 nitrogen and oxygen atoms in total. The topological polar surface area (TPSA) is 144 Å². The summed E-state index contributed by atoms with van der Waals surface area (Å²) in [7, 11) is 0. The fourth-order valence-electron chi connectivity index (χ4n) is 3.52. The van der Waals surface area contributed by atoms with Crippen LogP contribution in [-0.2, 0) is 4.79 Å². The standard InChI is InChI=1S/C27H20N4O6S/c32-26(19-8-4-10-23(16-19)31(36)37)29-21-9-5-11-24(17-21)38-25(18-6-2-1-3-7-18)27(33)28-20-12-14-22(15-13-20)30(34)35/h1-17,25H,(H,28,33)(H,29,32). The van der Waals surface area contributed by atoms with E-state index in [0.29, 0.717) is 16.3 Å². The molecule has 4 rings (SSSR count). The molecule has 0 saturated heterocycles. The molecule has 0 aliphatic heterocycles. The van der Waals surface area contributed by atoms with E-state index >= 15 is 0 Å². The quantitative estimate of drug-likeness (QED) is 0.149. The van der Waals surface area contributed by atoms with Gasteiger partial charge < -0.3 is 10.6 Å². The van der Waals surface area contributed by atoms with E-state index in [1.54, 1.807) is 24.3 Å². The van der Waals surface area contributed by atoms with Crippen molar-refractivity contribution in [2.75, 3.05) is 10.6 Å². The molecular weight excluding hydrogens is 508 g/mol. The van der Waals surface area contributed by atoms with E-state index in [9.17, 15) is 29.8 Å². The molecule has 0 saturated carbocycles. The van der Waals surface area contributed by atoms with Crippen molar-refractivity contribution < 1.29 is 19.4 Å². The van der Waals surface area contributed by atoms with Crippen LogP contribution in [0.5, 0.6) is 0 Å². The smallest absolute Gasteiger partial charge is 0.270 e. The zero-order valence-corrected chi connectivity index (χ0v) is 20.5. The van der Waals surface area contributed by atoms with Crippen molar-refractivity contribution in [2.24, 2.45) is 0 Å². The Morgan fingerprint density at radius 2 is 1.37 bits per heavy atom. The lowest BCUT2D eigenvalue weighted by Gasteiger charge is -2.18. The molecule has 0 radical (unpaired) electrons. The van der Waals surface area contributed by atoms with Crippen molar-refractivity contribution in [1.29, 1.82) is 0 Å². The van der Waals surface area contributed by atoms with Crippen LogP contribution < -0.4 is 10.6 Å². The van der Waals surface area contributed by atoms with E-state index in [1.165, 1.54) is 60.3 Å². The first kappa shape index (κ1) is 26.0. The van der Waals surface area contributed by atoms with Crippen molar-refractivity contribution in [1.82, 2.24) is 0 Å². The Morgan fingerprint density at radius 3 is 2.05 bits per heavy atom. The van der Waals surface area contributed by atoms with Crippen LogP contribution in [0.25, 0.3) is 0 Å². The summed E-state index contributed by atoms with van der Waals surface area (Å²) in [5, 5.41) is 26.8. The number of hydrogen-bond donors (Lipinski definition) is 2. The van der Waals surface area contributed by atoms with Gasteiger partial charge in [0, 0.05) is 46.1 Å². The summed E-state index contributed by atoms with van der Waals surface area (Å²) in [5.41, 5.74) is 1.48. The molecule has 4 aromatic rings. The van der Waals surface area contributed by atoms with Crippen LogP contribution in [0.4, 0.5) is 22.7 Å². The Labute approximate surface area is 221 Å². The molecule has 0 heterocycles. The summed E-state index contributed by atoms with van der Waals surface area (Å²) in [6.45, 7) is 0. The highest BCUT2D eigenvalue weighted by atomic mass is 32.2. The minimum atomic E-state index is -0.672. The number of carbonyl (C=O) groups is 2. The van der Waals surface area contributed by atoms with Gasteiger partial charge >= 0.3 is 0 Å². The van der Waals surface area contributed by atoms with Crippen LogP contribution in [0.15, 0.2) is 108 Å². The van der Waals surface area contributed by atoms with Gasteiger partial charge in [-0.1, -0.05) is 42.5 Å². The largest absolute Gasteiger partial charge is 0.325 e. The van der Waals surface area contributed by atoms with Crippen molar-refractivity contribution in [3.05, 3.63) is 134 Å². The van der Waals surface area contributed by atoms with E-state index in [2.05, 4.69) is 10.6 Å². The van der Waals surface area contributed by atoms with Crippen molar-refractivity contribution in [2.45, 2.75) is 10.1 Å². The number of non-ortho nitro benzene ring substituents is 2. The van der Waals surface area contributed by atoms with Gasteiger partial charge in [0.05, 0.1) is 9.85 Å². The summed E-state index contributed by atoms with van der Waals surface area (Å²) >= 11 is 1.26. The monoisotopic (exact) mass is 528 g/mol. The lowest BCUT2D eigenvalue weighted by molar-refractivity contribution is -0.385. The Hall–Kier alpha value is -5.03. The Bertz CT molecular complexity index is 1500. The summed E-state index contributed by atoms with van der Waals surface area (Å²) < 4.78 is 0. The highest BCUT2D eigenvalue weighted by molar-refractivity contribution is 8.00. The number of nitro benzene ring substituents is 2. The minimum Gasteiger partial charge on any atom is -0.325 e. The predicted octanol–water partition coefficient (Wildman–Crippen LogP) is 6.23. The second-order valence-corrected chi connectivity index (χ2v) is 9.17. The molecule has 0 spiro atoms. The van der Waals surface area contributed by atoms with Gasteiger partial charge in [0.2, 0.25) is 5.91 Å². The molecule has 0 aliphatic rings.